The number of fused-ring (bicyclic) bond motifs is 1. The summed E-state index contributed by atoms with van der Waals surface area (Å²) < 4.78 is 12.3. The first kappa shape index (κ1) is 16.3. The van der Waals surface area contributed by atoms with Crippen LogP contribution in [0.15, 0.2) is 33.2 Å². The van der Waals surface area contributed by atoms with Gasteiger partial charge in [0.2, 0.25) is 5.88 Å². The number of hydrogen-bond acceptors (Lipinski definition) is 4. The first-order valence-electron chi connectivity index (χ1n) is 6.96. The van der Waals surface area contributed by atoms with Gasteiger partial charge in [-0.1, -0.05) is 0 Å². The van der Waals surface area contributed by atoms with Crippen molar-refractivity contribution in [3.05, 3.63) is 44.5 Å². The highest BCUT2D eigenvalue weighted by atomic mass is 79.9. The Morgan fingerprint density at radius 1 is 1.30 bits per heavy atom. The number of methoxy groups -OCH3 is 1. The van der Waals surface area contributed by atoms with E-state index in [1.54, 1.807) is 24.1 Å². The molecule has 5 nitrogen and oxygen atoms in total. The van der Waals surface area contributed by atoms with Gasteiger partial charge in [0.25, 0.3) is 5.91 Å². The number of nitrogens with zero attached hydrogens (tertiary/aromatic N) is 2. The SMILES string of the molecule is COc1c(Br)cc(C(=O)N2CCOc3nc(C)ccc32)cc1Br. The lowest BCUT2D eigenvalue weighted by molar-refractivity contribution is 0.0975. The summed E-state index contributed by atoms with van der Waals surface area (Å²) in [7, 11) is 1.58. The molecule has 0 saturated carbocycles. The third-order valence-corrected chi connectivity index (χ3v) is 4.70. The van der Waals surface area contributed by atoms with E-state index in [4.69, 9.17) is 9.47 Å². The number of ether oxygens (including phenoxy) is 2. The summed E-state index contributed by atoms with van der Waals surface area (Å²) in [6, 6.07) is 7.24. The van der Waals surface area contributed by atoms with Crippen molar-refractivity contribution in [2.75, 3.05) is 25.2 Å². The van der Waals surface area contributed by atoms with Crippen LogP contribution < -0.4 is 14.4 Å². The Hall–Kier alpha value is -1.60. The maximum Gasteiger partial charge on any atom is 0.258 e. The number of amides is 1. The number of halogens is 2. The van der Waals surface area contributed by atoms with Gasteiger partial charge in [0.1, 0.15) is 18.0 Å². The quantitative estimate of drug-likeness (QED) is 0.707. The number of pyridine rings is 1. The molecule has 2 aromatic rings. The Bertz CT molecular complexity index is 757. The molecule has 23 heavy (non-hydrogen) atoms. The molecular weight excluding hydrogens is 428 g/mol. The average molecular weight is 442 g/mol. The van der Waals surface area contributed by atoms with E-state index in [9.17, 15) is 4.79 Å². The molecule has 0 N–H and O–H groups in total. The number of carbonyl (C=O) groups excluding carboxylic acids is 1. The molecule has 0 unspecified atom stereocenters. The Labute approximate surface area is 150 Å². The molecule has 7 heteroatoms. The van der Waals surface area contributed by atoms with Crippen LogP contribution in [0.5, 0.6) is 11.6 Å². The zero-order chi connectivity index (χ0) is 16.6. The highest BCUT2D eigenvalue weighted by Crippen LogP contribution is 2.36. The lowest BCUT2D eigenvalue weighted by Crippen LogP contribution is -2.38. The summed E-state index contributed by atoms with van der Waals surface area (Å²) in [5.41, 5.74) is 2.10. The first-order valence-corrected chi connectivity index (χ1v) is 8.55. The summed E-state index contributed by atoms with van der Waals surface area (Å²) in [5, 5.41) is 0. The lowest BCUT2D eigenvalue weighted by atomic mass is 10.1. The fourth-order valence-electron chi connectivity index (χ4n) is 2.44. The number of benzene rings is 1. The van der Waals surface area contributed by atoms with Gasteiger partial charge in [0.05, 0.1) is 22.6 Å². The van der Waals surface area contributed by atoms with Gasteiger partial charge in [0.15, 0.2) is 0 Å². The summed E-state index contributed by atoms with van der Waals surface area (Å²) >= 11 is 6.86. The molecule has 0 aliphatic carbocycles. The van der Waals surface area contributed by atoms with E-state index in [1.807, 2.05) is 19.1 Å². The van der Waals surface area contributed by atoms with Gasteiger partial charge in [-0.15, -0.1) is 0 Å². The normalized spacial score (nSPS) is 13.3. The molecule has 3 rings (SSSR count). The van der Waals surface area contributed by atoms with Crippen molar-refractivity contribution in [2.24, 2.45) is 0 Å². The van der Waals surface area contributed by atoms with E-state index < -0.39 is 0 Å². The highest BCUT2D eigenvalue weighted by Gasteiger charge is 2.26. The van der Waals surface area contributed by atoms with Crippen LogP contribution in [-0.2, 0) is 0 Å². The van der Waals surface area contributed by atoms with E-state index in [0.717, 1.165) is 5.69 Å². The summed E-state index contributed by atoms with van der Waals surface area (Å²) in [6.45, 7) is 2.80. The van der Waals surface area contributed by atoms with Crippen molar-refractivity contribution in [1.82, 2.24) is 4.98 Å². The molecule has 1 aliphatic rings. The molecule has 120 valence electrons. The maximum atomic E-state index is 12.9. The standard InChI is InChI=1S/C16H14Br2N2O3/c1-9-3-4-13-15(19-9)23-6-5-20(13)16(21)10-7-11(17)14(22-2)12(18)8-10/h3-4,7-8H,5-6H2,1-2H3. The third-order valence-electron chi connectivity index (χ3n) is 3.52. The number of rotatable bonds is 2. The van der Waals surface area contributed by atoms with E-state index in [0.29, 0.717) is 45.0 Å². The number of aryl methyl sites for hydroxylation is 1. The van der Waals surface area contributed by atoms with E-state index in [2.05, 4.69) is 36.8 Å². The second-order valence-electron chi connectivity index (χ2n) is 5.06. The molecule has 1 aromatic heterocycles. The van der Waals surface area contributed by atoms with Crippen LogP contribution in [0.4, 0.5) is 5.69 Å². The molecule has 0 atom stereocenters. The van der Waals surface area contributed by atoms with E-state index in [-0.39, 0.29) is 5.91 Å². The number of carbonyl (C=O) groups is 1. The summed E-state index contributed by atoms with van der Waals surface area (Å²) in [4.78, 5) is 18.9. The van der Waals surface area contributed by atoms with E-state index in [1.165, 1.54) is 0 Å². The van der Waals surface area contributed by atoms with Crippen molar-refractivity contribution in [3.63, 3.8) is 0 Å². The van der Waals surface area contributed by atoms with Crippen molar-refractivity contribution in [3.8, 4) is 11.6 Å². The fraction of sp³-hybridized carbons (Fsp3) is 0.250. The minimum absolute atomic E-state index is 0.107. The number of hydrogen-bond donors (Lipinski definition) is 0. The summed E-state index contributed by atoms with van der Waals surface area (Å²) in [5.74, 6) is 1.04. The molecule has 0 bridgehead atoms. The largest absolute Gasteiger partial charge is 0.494 e. The molecular formula is C16H14Br2N2O3. The van der Waals surface area contributed by atoms with Crippen LogP contribution in [0.1, 0.15) is 16.1 Å². The van der Waals surface area contributed by atoms with Crippen LogP contribution >= 0.6 is 31.9 Å². The van der Waals surface area contributed by atoms with Crippen LogP contribution in [0.25, 0.3) is 0 Å². The zero-order valence-corrected chi connectivity index (χ0v) is 15.8. The van der Waals surface area contributed by atoms with Crippen LogP contribution in [0.3, 0.4) is 0 Å². The molecule has 0 fully saturated rings. The zero-order valence-electron chi connectivity index (χ0n) is 12.6. The van der Waals surface area contributed by atoms with Gasteiger partial charge < -0.3 is 14.4 Å². The van der Waals surface area contributed by atoms with Crippen LogP contribution in [0, 0.1) is 6.92 Å². The minimum Gasteiger partial charge on any atom is -0.494 e. The predicted molar refractivity (Wildman–Crippen MR) is 94.5 cm³/mol. The second-order valence-corrected chi connectivity index (χ2v) is 6.76. The van der Waals surface area contributed by atoms with Gasteiger partial charge >= 0.3 is 0 Å². The van der Waals surface area contributed by atoms with Crippen LogP contribution in [-0.4, -0.2) is 31.2 Å². The van der Waals surface area contributed by atoms with Gasteiger partial charge in [0, 0.05) is 11.3 Å². The molecule has 2 heterocycles. The fourth-order valence-corrected chi connectivity index (χ4v) is 3.95. The molecule has 1 aromatic carbocycles. The third kappa shape index (κ3) is 3.07. The molecule has 0 spiro atoms. The first-order chi connectivity index (χ1) is 11.0. The topological polar surface area (TPSA) is 51.7 Å². The van der Waals surface area contributed by atoms with Gasteiger partial charge in [-0.25, -0.2) is 4.98 Å². The lowest BCUT2D eigenvalue weighted by Gasteiger charge is -2.29. The predicted octanol–water partition coefficient (Wildman–Crippen LogP) is 3.96. The van der Waals surface area contributed by atoms with E-state index >= 15 is 0 Å². The minimum atomic E-state index is -0.107. The Morgan fingerprint density at radius 3 is 2.65 bits per heavy atom. The highest BCUT2D eigenvalue weighted by molar-refractivity contribution is 9.11. The van der Waals surface area contributed by atoms with Crippen molar-refractivity contribution in [1.29, 1.82) is 0 Å². The van der Waals surface area contributed by atoms with Crippen molar-refractivity contribution in [2.45, 2.75) is 6.92 Å². The van der Waals surface area contributed by atoms with Gasteiger partial charge in [-0.2, -0.15) is 0 Å². The van der Waals surface area contributed by atoms with Crippen LogP contribution in [0.2, 0.25) is 0 Å². The molecule has 0 radical (unpaired) electrons. The Morgan fingerprint density at radius 2 is 2.00 bits per heavy atom. The monoisotopic (exact) mass is 440 g/mol. The van der Waals surface area contributed by atoms with Gasteiger partial charge in [-0.3, -0.25) is 4.79 Å². The second kappa shape index (κ2) is 6.49. The molecule has 1 aliphatic heterocycles. The van der Waals surface area contributed by atoms with Crippen molar-refractivity contribution < 1.29 is 14.3 Å². The maximum absolute atomic E-state index is 12.9. The van der Waals surface area contributed by atoms with Crippen molar-refractivity contribution >= 4 is 43.5 Å². The summed E-state index contributed by atoms with van der Waals surface area (Å²) in [6.07, 6.45) is 0. The Kier molecular flexibility index (Phi) is 4.59. The average Bonchev–Trinajstić information content (AvgIpc) is 2.53. The smallest absolute Gasteiger partial charge is 0.258 e. The number of anilines is 1. The van der Waals surface area contributed by atoms with Gasteiger partial charge in [-0.05, 0) is 63.0 Å². The number of aromatic nitrogens is 1. The molecule has 0 saturated heterocycles. The molecule has 1 amide bonds. The Balaban J connectivity index is 1.99.